The first kappa shape index (κ1) is 14.5. The van der Waals surface area contributed by atoms with Crippen LogP contribution in [0.2, 0.25) is 0 Å². The van der Waals surface area contributed by atoms with E-state index in [1.165, 1.54) is 48.1 Å². The van der Waals surface area contributed by atoms with Gasteiger partial charge in [-0.25, -0.2) is 0 Å². The van der Waals surface area contributed by atoms with Crippen LogP contribution in [0.3, 0.4) is 0 Å². The van der Waals surface area contributed by atoms with Crippen LogP contribution < -0.4 is 5.73 Å². The average molecular weight is 260 g/mol. The summed E-state index contributed by atoms with van der Waals surface area (Å²) in [6, 6.07) is 5.12. The average Bonchev–Trinajstić information content (AvgIpc) is 2.51. The highest BCUT2D eigenvalue weighted by molar-refractivity contribution is 5.40. The Morgan fingerprint density at radius 2 is 1.79 bits per heavy atom. The Hall–Kier alpha value is -0.860. The molecule has 1 aromatic carbocycles. The summed E-state index contributed by atoms with van der Waals surface area (Å²) in [6.45, 7) is 8.67. The molecule has 0 spiro atoms. The summed E-state index contributed by atoms with van der Waals surface area (Å²) in [6.07, 6.45) is 3.87. The predicted molar refractivity (Wildman–Crippen MR) is 82.4 cm³/mol. The van der Waals surface area contributed by atoms with E-state index in [1.807, 2.05) is 0 Å². The molecule has 2 heteroatoms. The molecule has 2 N–H and O–H groups in total. The van der Waals surface area contributed by atoms with Crippen molar-refractivity contribution in [1.82, 2.24) is 4.90 Å². The fourth-order valence-electron chi connectivity index (χ4n) is 3.79. The summed E-state index contributed by atoms with van der Waals surface area (Å²) in [7, 11) is 2.26. The molecule has 1 saturated heterocycles. The maximum absolute atomic E-state index is 6.07. The lowest BCUT2D eigenvalue weighted by Gasteiger charge is -2.34. The van der Waals surface area contributed by atoms with Crippen LogP contribution in [0, 0.1) is 26.7 Å². The van der Waals surface area contributed by atoms with E-state index in [2.05, 4.69) is 44.9 Å². The van der Waals surface area contributed by atoms with Gasteiger partial charge in [0.05, 0.1) is 0 Å². The van der Waals surface area contributed by atoms with Gasteiger partial charge in [-0.3, -0.25) is 4.90 Å². The molecule has 0 saturated carbocycles. The van der Waals surface area contributed by atoms with Crippen molar-refractivity contribution in [2.75, 3.05) is 20.1 Å². The molecule has 0 amide bonds. The number of aryl methyl sites for hydroxylation is 3. The molecule has 1 aliphatic rings. The first-order valence-corrected chi connectivity index (χ1v) is 7.52. The van der Waals surface area contributed by atoms with Crippen molar-refractivity contribution >= 4 is 0 Å². The molecule has 1 fully saturated rings. The van der Waals surface area contributed by atoms with Gasteiger partial charge in [0.25, 0.3) is 0 Å². The van der Waals surface area contributed by atoms with Gasteiger partial charge >= 0.3 is 0 Å². The Labute approximate surface area is 118 Å². The molecule has 0 aromatic heterocycles. The second-order valence-corrected chi connectivity index (χ2v) is 6.23. The molecule has 2 atom stereocenters. The van der Waals surface area contributed by atoms with Crippen molar-refractivity contribution in [1.29, 1.82) is 0 Å². The van der Waals surface area contributed by atoms with Crippen LogP contribution >= 0.6 is 0 Å². The lowest BCUT2D eigenvalue weighted by molar-refractivity contribution is 0.194. The van der Waals surface area contributed by atoms with Crippen molar-refractivity contribution in [2.24, 2.45) is 11.7 Å². The van der Waals surface area contributed by atoms with E-state index in [0.29, 0.717) is 12.0 Å². The first-order chi connectivity index (χ1) is 9.04. The minimum Gasteiger partial charge on any atom is -0.330 e. The minimum absolute atomic E-state index is 0.494. The third-order valence-electron chi connectivity index (χ3n) is 4.59. The second kappa shape index (κ2) is 6.06. The molecule has 106 valence electrons. The summed E-state index contributed by atoms with van der Waals surface area (Å²) in [4.78, 5) is 2.52. The molecule has 1 aromatic rings. The molecule has 0 bridgehead atoms. The topological polar surface area (TPSA) is 29.3 Å². The Morgan fingerprint density at radius 1 is 1.16 bits per heavy atom. The van der Waals surface area contributed by atoms with Crippen molar-refractivity contribution in [2.45, 2.75) is 46.1 Å². The van der Waals surface area contributed by atoms with E-state index in [4.69, 9.17) is 5.73 Å². The van der Waals surface area contributed by atoms with Crippen molar-refractivity contribution < 1.29 is 0 Å². The molecular formula is C17H28N2. The van der Waals surface area contributed by atoms with E-state index in [0.717, 1.165) is 6.54 Å². The highest BCUT2D eigenvalue weighted by Crippen LogP contribution is 2.37. The zero-order valence-corrected chi connectivity index (χ0v) is 12.9. The van der Waals surface area contributed by atoms with Gasteiger partial charge in [-0.15, -0.1) is 0 Å². The van der Waals surface area contributed by atoms with Gasteiger partial charge < -0.3 is 5.73 Å². The van der Waals surface area contributed by atoms with Crippen LogP contribution in [0.4, 0.5) is 0 Å². The van der Waals surface area contributed by atoms with Gasteiger partial charge in [-0.2, -0.15) is 0 Å². The van der Waals surface area contributed by atoms with Crippen LogP contribution in [-0.2, 0) is 0 Å². The normalized spacial score (nSPS) is 25.3. The zero-order chi connectivity index (χ0) is 14.0. The van der Waals surface area contributed by atoms with Gasteiger partial charge in [0.2, 0.25) is 0 Å². The molecule has 1 heterocycles. The Morgan fingerprint density at radius 3 is 2.37 bits per heavy atom. The highest BCUT2D eigenvalue weighted by atomic mass is 15.1. The van der Waals surface area contributed by atoms with Crippen LogP contribution in [0.1, 0.15) is 47.6 Å². The van der Waals surface area contributed by atoms with Crippen LogP contribution in [-0.4, -0.2) is 25.0 Å². The Bertz CT molecular complexity index is 416. The quantitative estimate of drug-likeness (QED) is 0.883. The molecule has 2 unspecified atom stereocenters. The number of hydrogen-bond donors (Lipinski definition) is 1. The number of likely N-dealkylation sites (tertiary alicyclic amines) is 1. The molecule has 19 heavy (non-hydrogen) atoms. The highest BCUT2D eigenvalue weighted by Gasteiger charge is 2.30. The number of hydrogen-bond acceptors (Lipinski definition) is 2. The lowest BCUT2D eigenvalue weighted by atomic mass is 9.84. The molecule has 2 rings (SSSR count). The van der Waals surface area contributed by atoms with E-state index < -0.39 is 0 Å². The van der Waals surface area contributed by atoms with Crippen LogP contribution in [0.15, 0.2) is 12.1 Å². The zero-order valence-electron chi connectivity index (χ0n) is 12.9. The molecule has 0 aliphatic carbocycles. The number of nitrogens with zero attached hydrogens (tertiary/aromatic N) is 1. The van der Waals surface area contributed by atoms with Gasteiger partial charge in [0.15, 0.2) is 0 Å². The van der Waals surface area contributed by atoms with E-state index in [-0.39, 0.29) is 0 Å². The largest absolute Gasteiger partial charge is 0.330 e. The molecule has 0 radical (unpaired) electrons. The SMILES string of the molecule is Cc1cc(C)c(C2C(CN)CCCCN2C)c(C)c1. The van der Waals surface area contributed by atoms with Gasteiger partial charge in [0.1, 0.15) is 0 Å². The third-order valence-corrected chi connectivity index (χ3v) is 4.59. The first-order valence-electron chi connectivity index (χ1n) is 7.52. The molecule has 1 aliphatic heterocycles. The summed E-state index contributed by atoms with van der Waals surface area (Å²) < 4.78 is 0. The number of benzene rings is 1. The van der Waals surface area contributed by atoms with Crippen molar-refractivity contribution in [3.63, 3.8) is 0 Å². The van der Waals surface area contributed by atoms with E-state index in [9.17, 15) is 0 Å². The third kappa shape index (κ3) is 3.01. The Kier molecular flexibility index (Phi) is 4.64. The monoisotopic (exact) mass is 260 g/mol. The molecule has 2 nitrogen and oxygen atoms in total. The number of nitrogens with two attached hydrogens (primary N) is 1. The lowest BCUT2D eigenvalue weighted by Crippen LogP contribution is -2.34. The smallest absolute Gasteiger partial charge is 0.0390 e. The summed E-state index contributed by atoms with van der Waals surface area (Å²) in [5, 5.41) is 0. The predicted octanol–water partition coefficient (Wildman–Crippen LogP) is 3.34. The Balaban J connectivity index is 2.46. The second-order valence-electron chi connectivity index (χ2n) is 6.23. The maximum Gasteiger partial charge on any atom is 0.0390 e. The van der Waals surface area contributed by atoms with E-state index >= 15 is 0 Å². The van der Waals surface area contributed by atoms with Gasteiger partial charge in [0, 0.05) is 6.04 Å². The fraction of sp³-hybridized carbons (Fsp3) is 0.647. The fourth-order valence-corrected chi connectivity index (χ4v) is 3.79. The van der Waals surface area contributed by atoms with Crippen molar-refractivity contribution in [3.8, 4) is 0 Å². The summed E-state index contributed by atoms with van der Waals surface area (Å²) in [5.74, 6) is 0.590. The van der Waals surface area contributed by atoms with Crippen LogP contribution in [0.5, 0.6) is 0 Å². The van der Waals surface area contributed by atoms with Gasteiger partial charge in [-0.1, -0.05) is 24.1 Å². The maximum atomic E-state index is 6.07. The van der Waals surface area contributed by atoms with Crippen molar-refractivity contribution in [3.05, 3.63) is 34.4 Å². The standard InChI is InChI=1S/C17H28N2/c1-12-9-13(2)16(14(3)10-12)17-15(11-18)7-5-6-8-19(17)4/h9-10,15,17H,5-8,11,18H2,1-4H3. The van der Waals surface area contributed by atoms with Gasteiger partial charge in [-0.05, 0) is 76.4 Å². The summed E-state index contributed by atoms with van der Waals surface area (Å²) in [5.41, 5.74) is 11.8. The number of rotatable bonds is 2. The van der Waals surface area contributed by atoms with E-state index in [1.54, 1.807) is 0 Å². The van der Waals surface area contributed by atoms with Crippen LogP contribution in [0.25, 0.3) is 0 Å². The summed E-state index contributed by atoms with van der Waals surface area (Å²) >= 11 is 0. The molecular weight excluding hydrogens is 232 g/mol. The minimum atomic E-state index is 0.494.